The van der Waals surface area contributed by atoms with E-state index in [1.807, 2.05) is 0 Å². The quantitative estimate of drug-likeness (QED) is 0.931. The van der Waals surface area contributed by atoms with Crippen LogP contribution in [-0.4, -0.2) is 14.9 Å². The van der Waals surface area contributed by atoms with Crippen molar-refractivity contribution >= 4 is 0 Å². The second-order valence-corrected chi connectivity index (χ2v) is 4.29. The molecule has 0 bridgehead atoms. The number of rotatable bonds is 3. The number of hydrogen-bond donors (Lipinski definition) is 1. The molecule has 6 heteroatoms. The summed E-state index contributed by atoms with van der Waals surface area (Å²) in [6.07, 6.45) is -3.97. The van der Waals surface area contributed by atoms with Gasteiger partial charge >= 0.3 is 6.18 Å². The highest BCUT2D eigenvalue weighted by Crippen LogP contribution is 2.35. The molecule has 1 heterocycles. The number of aliphatic hydroxyl groups is 1. The number of halogens is 3. The standard InChI is InChI=1S/C13H13F3N2O/c1-18-7-6-9(17-18)8-12(19)10-4-2-3-5-11(10)13(14,15)16/h2-7,12,19H,8H2,1H3. The lowest BCUT2D eigenvalue weighted by Crippen LogP contribution is -2.13. The molecule has 0 radical (unpaired) electrons. The van der Waals surface area contributed by atoms with Gasteiger partial charge in [-0.15, -0.1) is 0 Å². The van der Waals surface area contributed by atoms with Crippen LogP contribution in [0.2, 0.25) is 0 Å². The van der Waals surface area contributed by atoms with Gasteiger partial charge in [-0.1, -0.05) is 18.2 Å². The SMILES string of the molecule is Cn1ccc(CC(O)c2ccccc2C(F)(F)F)n1. The fourth-order valence-electron chi connectivity index (χ4n) is 1.93. The molecule has 0 spiro atoms. The van der Waals surface area contributed by atoms with Gasteiger partial charge in [-0.25, -0.2) is 0 Å². The Labute approximate surface area is 108 Å². The van der Waals surface area contributed by atoms with Crippen molar-refractivity contribution < 1.29 is 18.3 Å². The maximum Gasteiger partial charge on any atom is 0.416 e. The summed E-state index contributed by atoms with van der Waals surface area (Å²) in [5.74, 6) is 0. The first kappa shape index (κ1) is 13.6. The van der Waals surface area contributed by atoms with Crippen LogP contribution in [0, 0.1) is 0 Å². The minimum Gasteiger partial charge on any atom is -0.388 e. The highest BCUT2D eigenvalue weighted by Gasteiger charge is 2.34. The van der Waals surface area contributed by atoms with Crippen LogP contribution >= 0.6 is 0 Å². The van der Waals surface area contributed by atoms with E-state index in [4.69, 9.17) is 0 Å². The van der Waals surface area contributed by atoms with Crippen molar-refractivity contribution in [3.8, 4) is 0 Å². The second kappa shape index (κ2) is 5.05. The van der Waals surface area contributed by atoms with Gasteiger partial charge in [0.1, 0.15) is 0 Å². The van der Waals surface area contributed by atoms with E-state index in [1.165, 1.54) is 22.9 Å². The van der Waals surface area contributed by atoms with Gasteiger partial charge in [-0.3, -0.25) is 4.68 Å². The Kier molecular flexibility index (Phi) is 3.61. The summed E-state index contributed by atoms with van der Waals surface area (Å²) >= 11 is 0. The van der Waals surface area contributed by atoms with Gasteiger partial charge in [0.05, 0.1) is 17.4 Å². The predicted octanol–water partition coefficient (Wildman–Crippen LogP) is 2.72. The molecule has 1 unspecified atom stereocenters. The van der Waals surface area contributed by atoms with E-state index in [2.05, 4.69) is 5.10 Å². The highest BCUT2D eigenvalue weighted by molar-refractivity contribution is 5.32. The zero-order valence-electron chi connectivity index (χ0n) is 10.2. The van der Waals surface area contributed by atoms with E-state index >= 15 is 0 Å². The fourth-order valence-corrected chi connectivity index (χ4v) is 1.93. The van der Waals surface area contributed by atoms with Gasteiger partial charge in [0.15, 0.2) is 0 Å². The first-order valence-corrected chi connectivity index (χ1v) is 5.70. The van der Waals surface area contributed by atoms with Crippen molar-refractivity contribution in [1.82, 2.24) is 9.78 Å². The fraction of sp³-hybridized carbons (Fsp3) is 0.308. The number of aliphatic hydroxyl groups excluding tert-OH is 1. The van der Waals surface area contributed by atoms with Crippen molar-refractivity contribution in [2.24, 2.45) is 7.05 Å². The molecule has 102 valence electrons. The third kappa shape index (κ3) is 3.14. The second-order valence-electron chi connectivity index (χ2n) is 4.29. The Balaban J connectivity index is 2.26. The zero-order chi connectivity index (χ0) is 14.0. The Morgan fingerprint density at radius 2 is 1.95 bits per heavy atom. The number of benzene rings is 1. The van der Waals surface area contributed by atoms with E-state index in [9.17, 15) is 18.3 Å². The maximum absolute atomic E-state index is 12.8. The Morgan fingerprint density at radius 3 is 2.53 bits per heavy atom. The summed E-state index contributed by atoms with van der Waals surface area (Å²) in [5.41, 5.74) is -0.383. The van der Waals surface area contributed by atoms with Gasteiger partial charge in [0.25, 0.3) is 0 Å². The topological polar surface area (TPSA) is 38.0 Å². The van der Waals surface area contributed by atoms with E-state index in [-0.39, 0.29) is 12.0 Å². The molecule has 0 aliphatic heterocycles. The van der Waals surface area contributed by atoms with E-state index in [0.29, 0.717) is 5.69 Å². The summed E-state index contributed by atoms with van der Waals surface area (Å²) in [4.78, 5) is 0. The van der Waals surface area contributed by atoms with Crippen LogP contribution in [0.4, 0.5) is 13.2 Å². The molecule has 1 aromatic heterocycles. The van der Waals surface area contributed by atoms with Crippen molar-refractivity contribution in [2.75, 3.05) is 0 Å². The molecule has 0 saturated carbocycles. The van der Waals surface area contributed by atoms with Gasteiger partial charge in [-0.2, -0.15) is 18.3 Å². The Bertz CT molecular complexity index is 563. The van der Waals surface area contributed by atoms with Crippen LogP contribution in [0.25, 0.3) is 0 Å². The average molecular weight is 270 g/mol. The molecular formula is C13H13F3N2O. The molecule has 19 heavy (non-hydrogen) atoms. The Morgan fingerprint density at radius 1 is 1.26 bits per heavy atom. The molecule has 0 aliphatic carbocycles. The van der Waals surface area contributed by atoms with E-state index in [0.717, 1.165) is 6.07 Å². The largest absolute Gasteiger partial charge is 0.416 e. The van der Waals surface area contributed by atoms with Crippen LogP contribution < -0.4 is 0 Å². The van der Waals surface area contributed by atoms with Crippen LogP contribution in [0.5, 0.6) is 0 Å². The molecule has 1 aromatic carbocycles. The molecule has 2 aromatic rings. The molecule has 1 N–H and O–H groups in total. The van der Waals surface area contributed by atoms with Crippen molar-refractivity contribution in [2.45, 2.75) is 18.7 Å². The lowest BCUT2D eigenvalue weighted by Gasteiger charge is -2.16. The maximum atomic E-state index is 12.8. The monoisotopic (exact) mass is 270 g/mol. The number of hydrogen-bond acceptors (Lipinski definition) is 2. The lowest BCUT2D eigenvalue weighted by molar-refractivity contribution is -0.139. The number of alkyl halides is 3. The molecule has 0 saturated heterocycles. The number of aromatic nitrogens is 2. The first-order valence-electron chi connectivity index (χ1n) is 5.70. The predicted molar refractivity (Wildman–Crippen MR) is 63.3 cm³/mol. The smallest absolute Gasteiger partial charge is 0.388 e. The summed E-state index contributed by atoms with van der Waals surface area (Å²) in [7, 11) is 1.71. The van der Waals surface area contributed by atoms with Crippen LogP contribution in [0.3, 0.4) is 0 Å². The van der Waals surface area contributed by atoms with Crippen LogP contribution in [0.1, 0.15) is 22.9 Å². The minimum absolute atomic E-state index is 0.0495. The van der Waals surface area contributed by atoms with E-state index in [1.54, 1.807) is 19.3 Å². The molecule has 3 nitrogen and oxygen atoms in total. The minimum atomic E-state index is -4.47. The normalized spacial score (nSPS) is 13.5. The molecular weight excluding hydrogens is 257 g/mol. The van der Waals surface area contributed by atoms with Crippen LogP contribution in [0.15, 0.2) is 36.5 Å². The third-order valence-corrected chi connectivity index (χ3v) is 2.80. The van der Waals surface area contributed by atoms with Gasteiger partial charge in [0.2, 0.25) is 0 Å². The average Bonchev–Trinajstić information content (AvgIpc) is 2.73. The van der Waals surface area contributed by atoms with Gasteiger partial charge in [0, 0.05) is 19.7 Å². The highest BCUT2D eigenvalue weighted by atomic mass is 19.4. The summed E-state index contributed by atoms with van der Waals surface area (Å²) in [5, 5.41) is 14.0. The molecule has 0 aliphatic rings. The molecule has 0 fully saturated rings. The molecule has 1 atom stereocenters. The van der Waals surface area contributed by atoms with Crippen LogP contribution in [-0.2, 0) is 19.6 Å². The molecule has 0 amide bonds. The summed E-state index contributed by atoms with van der Waals surface area (Å²) in [6, 6.07) is 6.71. The molecule has 2 rings (SSSR count). The summed E-state index contributed by atoms with van der Waals surface area (Å²) < 4.78 is 40.0. The Hall–Kier alpha value is -1.82. The number of aryl methyl sites for hydroxylation is 1. The van der Waals surface area contributed by atoms with Crippen molar-refractivity contribution in [3.05, 3.63) is 53.3 Å². The lowest BCUT2D eigenvalue weighted by atomic mass is 9.99. The van der Waals surface area contributed by atoms with E-state index < -0.39 is 17.8 Å². The zero-order valence-corrected chi connectivity index (χ0v) is 10.2. The first-order chi connectivity index (χ1) is 8.88. The van der Waals surface area contributed by atoms with Gasteiger partial charge in [-0.05, 0) is 17.7 Å². The number of nitrogens with zero attached hydrogens (tertiary/aromatic N) is 2. The van der Waals surface area contributed by atoms with Gasteiger partial charge < -0.3 is 5.11 Å². The third-order valence-electron chi connectivity index (χ3n) is 2.80. The van der Waals surface area contributed by atoms with Crippen molar-refractivity contribution in [1.29, 1.82) is 0 Å². The summed E-state index contributed by atoms with van der Waals surface area (Å²) in [6.45, 7) is 0. The van der Waals surface area contributed by atoms with Crippen molar-refractivity contribution in [3.63, 3.8) is 0 Å².